The monoisotopic (exact) mass is 520 g/mol. The van der Waals surface area contributed by atoms with Crippen LogP contribution in [-0.4, -0.2) is 0 Å². The van der Waals surface area contributed by atoms with E-state index in [9.17, 15) is 0 Å². The lowest BCUT2D eigenvalue weighted by molar-refractivity contribution is 0.300. The van der Waals surface area contributed by atoms with Gasteiger partial charge in [-0.15, -0.1) is 0 Å². The van der Waals surface area contributed by atoms with Gasteiger partial charge in [0.05, 0.1) is 0 Å². The van der Waals surface area contributed by atoms with Gasteiger partial charge in [0.15, 0.2) is 0 Å². The predicted octanol–water partition coefficient (Wildman–Crippen LogP) is 10.9. The van der Waals surface area contributed by atoms with E-state index in [0.717, 1.165) is 24.7 Å². The lowest BCUT2D eigenvalue weighted by Crippen LogP contribution is -2.16. The molecule has 0 nitrogen and oxygen atoms in total. The van der Waals surface area contributed by atoms with E-state index in [1.165, 1.54) is 87.4 Å². The Kier molecular flexibility index (Phi) is 7.96. The fourth-order valence-corrected chi connectivity index (χ4v) is 6.73. The number of hydrogen-bond donors (Lipinski definition) is 0. The van der Waals surface area contributed by atoms with Gasteiger partial charge < -0.3 is 0 Å². The highest BCUT2D eigenvalue weighted by Gasteiger charge is 2.22. The zero-order valence-corrected chi connectivity index (χ0v) is 23.8. The molecule has 0 heteroatoms. The van der Waals surface area contributed by atoms with Gasteiger partial charge in [-0.05, 0) is 119 Å². The third kappa shape index (κ3) is 5.97. The second-order valence-corrected chi connectivity index (χ2v) is 11.9. The summed E-state index contributed by atoms with van der Waals surface area (Å²) in [7, 11) is 0. The molecule has 5 aromatic carbocycles. The molecule has 0 unspecified atom stereocenters. The van der Waals surface area contributed by atoms with Crippen molar-refractivity contribution < 1.29 is 0 Å². The SMILES string of the molecule is C=C(C)C1CCC(Cc2cccc(-c3cc(CCc4ccccc4)c4c(-c5ccccc5)cccc4c3)c2)CC1. The molecular weight excluding hydrogens is 480 g/mol. The van der Waals surface area contributed by atoms with Gasteiger partial charge in [0.25, 0.3) is 0 Å². The molecular formula is C40H40. The second kappa shape index (κ2) is 12.1. The van der Waals surface area contributed by atoms with Crippen molar-refractivity contribution in [3.05, 3.63) is 144 Å². The first kappa shape index (κ1) is 26.3. The van der Waals surface area contributed by atoms with Crippen molar-refractivity contribution in [2.75, 3.05) is 0 Å². The maximum Gasteiger partial charge on any atom is -0.00728 e. The summed E-state index contributed by atoms with van der Waals surface area (Å²) in [5, 5.41) is 2.71. The normalized spacial score (nSPS) is 17.1. The molecule has 0 atom stereocenters. The summed E-state index contributed by atoms with van der Waals surface area (Å²) in [6.07, 6.45) is 8.49. The van der Waals surface area contributed by atoms with Crippen molar-refractivity contribution in [2.45, 2.75) is 51.9 Å². The van der Waals surface area contributed by atoms with Crippen LogP contribution in [0.15, 0.2) is 127 Å². The number of benzene rings is 5. The molecule has 1 aliphatic carbocycles. The van der Waals surface area contributed by atoms with Gasteiger partial charge in [-0.25, -0.2) is 0 Å². The van der Waals surface area contributed by atoms with Crippen molar-refractivity contribution >= 4 is 10.8 Å². The standard InChI is InChI=1S/C40H40/c1-29(2)33-22-20-31(21-23-33)25-32-13-9-16-35(26-32)38-27-36-17-10-18-39(34-14-7-4-8-15-34)40(36)37(28-38)24-19-30-11-5-3-6-12-30/h3-18,26-28,31,33H,1,19-25H2,2H3. The molecule has 1 fully saturated rings. The molecule has 40 heavy (non-hydrogen) atoms. The van der Waals surface area contributed by atoms with E-state index >= 15 is 0 Å². The minimum absolute atomic E-state index is 0.732. The van der Waals surface area contributed by atoms with Crippen LogP contribution in [0.4, 0.5) is 0 Å². The van der Waals surface area contributed by atoms with E-state index < -0.39 is 0 Å². The summed E-state index contributed by atoms with van der Waals surface area (Å²) in [4.78, 5) is 0. The Bertz CT molecular complexity index is 1580. The van der Waals surface area contributed by atoms with Gasteiger partial charge in [-0.2, -0.15) is 0 Å². The molecule has 0 spiro atoms. The van der Waals surface area contributed by atoms with Crippen LogP contribution in [0.1, 0.15) is 49.3 Å². The van der Waals surface area contributed by atoms with Crippen molar-refractivity contribution in [3.63, 3.8) is 0 Å². The molecule has 200 valence electrons. The number of rotatable bonds is 8. The summed E-state index contributed by atoms with van der Waals surface area (Å²) in [5.41, 5.74) is 10.9. The highest BCUT2D eigenvalue weighted by Crippen LogP contribution is 2.37. The zero-order chi connectivity index (χ0) is 27.3. The quantitative estimate of drug-likeness (QED) is 0.178. The van der Waals surface area contributed by atoms with E-state index in [1.54, 1.807) is 0 Å². The third-order valence-electron chi connectivity index (χ3n) is 9.00. The Hall–Kier alpha value is -3.90. The molecule has 6 rings (SSSR count). The predicted molar refractivity (Wildman–Crippen MR) is 173 cm³/mol. The fraction of sp³-hybridized carbons (Fsp3) is 0.250. The van der Waals surface area contributed by atoms with Crippen LogP contribution in [0.25, 0.3) is 33.0 Å². The Morgan fingerprint density at radius 3 is 2.05 bits per heavy atom. The van der Waals surface area contributed by atoms with Crippen LogP contribution in [-0.2, 0) is 19.3 Å². The molecule has 0 aliphatic heterocycles. The van der Waals surface area contributed by atoms with E-state index in [2.05, 4.69) is 129 Å². The van der Waals surface area contributed by atoms with Crippen molar-refractivity contribution in [1.82, 2.24) is 0 Å². The van der Waals surface area contributed by atoms with E-state index in [-0.39, 0.29) is 0 Å². The van der Waals surface area contributed by atoms with Crippen LogP contribution in [0.3, 0.4) is 0 Å². The summed E-state index contributed by atoms with van der Waals surface area (Å²) in [6, 6.07) is 42.8. The number of hydrogen-bond acceptors (Lipinski definition) is 0. The fourth-order valence-electron chi connectivity index (χ4n) is 6.73. The van der Waals surface area contributed by atoms with Gasteiger partial charge in [0, 0.05) is 0 Å². The third-order valence-corrected chi connectivity index (χ3v) is 9.00. The molecule has 5 aromatic rings. The average Bonchev–Trinajstić information content (AvgIpc) is 3.01. The molecule has 1 aliphatic rings. The van der Waals surface area contributed by atoms with Gasteiger partial charge in [0.2, 0.25) is 0 Å². The van der Waals surface area contributed by atoms with Gasteiger partial charge >= 0.3 is 0 Å². The van der Waals surface area contributed by atoms with Crippen LogP contribution >= 0.6 is 0 Å². The van der Waals surface area contributed by atoms with Crippen LogP contribution < -0.4 is 0 Å². The van der Waals surface area contributed by atoms with Crippen LogP contribution in [0.5, 0.6) is 0 Å². The Balaban J connectivity index is 1.35. The molecule has 0 heterocycles. The largest absolute Gasteiger partial charge is 0.0999 e. The van der Waals surface area contributed by atoms with E-state index in [4.69, 9.17) is 0 Å². The summed E-state index contributed by atoms with van der Waals surface area (Å²) >= 11 is 0. The highest BCUT2D eigenvalue weighted by molar-refractivity contribution is 6.01. The zero-order valence-electron chi connectivity index (χ0n) is 23.8. The molecule has 0 aromatic heterocycles. The number of fused-ring (bicyclic) bond motifs is 1. The lowest BCUT2D eigenvalue weighted by Gasteiger charge is -2.29. The first-order valence-electron chi connectivity index (χ1n) is 15.0. The lowest BCUT2D eigenvalue weighted by atomic mass is 9.77. The molecule has 1 saturated carbocycles. The van der Waals surface area contributed by atoms with Gasteiger partial charge in [-0.1, -0.05) is 121 Å². The van der Waals surface area contributed by atoms with Gasteiger partial charge in [-0.3, -0.25) is 0 Å². The minimum atomic E-state index is 0.732. The molecule has 0 radical (unpaired) electrons. The molecule has 0 N–H and O–H groups in total. The Labute approximate surface area is 240 Å². The average molecular weight is 521 g/mol. The molecule has 0 amide bonds. The molecule has 0 saturated heterocycles. The maximum atomic E-state index is 4.21. The second-order valence-electron chi connectivity index (χ2n) is 11.9. The van der Waals surface area contributed by atoms with Crippen molar-refractivity contribution in [1.29, 1.82) is 0 Å². The van der Waals surface area contributed by atoms with Crippen molar-refractivity contribution in [2.24, 2.45) is 11.8 Å². The topological polar surface area (TPSA) is 0 Å². The highest BCUT2D eigenvalue weighted by atomic mass is 14.3. The minimum Gasteiger partial charge on any atom is -0.0999 e. The van der Waals surface area contributed by atoms with Crippen LogP contribution in [0.2, 0.25) is 0 Å². The summed E-state index contributed by atoms with van der Waals surface area (Å²) in [6.45, 7) is 6.42. The number of aryl methyl sites for hydroxylation is 2. The van der Waals surface area contributed by atoms with Crippen LogP contribution in [0, 0.1) is 11.8 Å². The number of allylic oxidation sites excluding steroid dienone is 1. The maximum absolute atomic E-state index is 4.21. The Morgan fingerprint density at radius 2 is 1.30 bits per heavy atom. The van der Waals surface area contributed by atoms with E-state index in [0.29, 0.717) is 0 Å². The summed E-state index contributed by atoms with van der Waals surface area (Å²) < 4.78 is 0. The molecule has 0 bridgehead atoms. The van der Waals surface area contributed by atoms with Crippen molar-refractivity contribution in [3.8, 4) is 22.3 Å². The summed E-state index contributed by atoms with van der Waals surface area (Å²) in [5.74, 6) is 1.52. The first-order valence-corrected chi connectivity index (χ1v) is 15.0. The van der Waals surface area contributed by atoms with E-state index in [1.807, 2.05) is 0 Å². The Morgan fingerprint density at radius 1 is 0.625 bits per heavy atom. The first-order chi connectivity index (χ1) is 19.6. The van der Waals surface area contributed by atoms with Gasteiger partial charge in [0.1, 0.15) is 0 Å². The smallest absolute Gasteiger partial charge is 0.00728 e.